The van der Waals surface area contributed by atoms with E-state index in [1.54, 1.807) is 6.92 Å². The molecule has 0 aliphatic carbocycles. The maximum Gasteiger partial charge on any atom is 0.230 e. The van der Waals surface area contributed by atoms with Crippen molar-refractivity contribution in [1.82, 2.24) is 5.32 Å². The molecule has 0 aromatic rings. The third-order valence-electron chi connectivity index (χ3n) is 1.42. The average Bonchev–Trinajstić information content (AvgIpc) is 1.62. The highest BCUT2D eigenvalue weighted by Gasteiger charge is 2.40. The van der Waals surface area contributed by atoms with Gasteiger partial charge in [0.05, 0.1) is 12.0 Å². The normalized spacial score (nSPS) is 37.0. The molecule has 0 aromatic heterocycles. The Morgan fingerprint density at radius 3 is 2.56 bits per heavy atom. The molecule has 0 saturated carbocycles. The highest BCUT2D eigenvalue weighted by atomic mass is 35.5. The Morgan fingerprint density at radius 1 is 1.89 bits per heavy atom. The average molecular weight is 150 g/mol. The topological polar surface area (TPSA) is 49.3 Å². The Bertz CT molecular complexity index is 132. The predicted octanol–water partition coefficient (Wildman–Crippen LogP) is -0.322. The summed E-state index contributed by atoms with van der Waals surface area (Å²) in [5.41, 5.74) is -0.377. The first kappa shape index (κ1) is 6.83. The molecule has 1 aliphatic heterocycles. The Morgan fingerprint density at radius 2 is 2.44 bits per heavy atom. The van der Waals surface area contributed by atoms with Crippen LogP contribution in [0.1, 0.15) is 6.92 Å². The highest BCUT2D eigenvalue weighted by Crippen LogP contribution is 2.21. The smallest absolute Gasteiger partial charge is 0.230 e. The minimum Gasteiger partial charge on any atom is -0.392 e. The standard InChI is InChI=1S/C5H8ClNO2/c1-2(8)3-4(6)7-5(3)9/h2-4,8H,1H3,(H,7,9)/t2-,3?,4?/m0/s1. The molecule has 4 heteroatoms. The molecule has 1 heterocycles. The number of aliphatic hydroxyl groups excluding tert-OH is 1. The summed E-state index contributed by atoms with van der Waals surface area (Å²) in [6.45, 7) is 1.55. The lowest BCUT2D eigenvalue weighted by Crippen LogP contribution is -2.59. The van der Waals surface area contributed by atoms with E-state index in [0.29, 0.717) is 0 Å². The summed E-state index contributed by atoms with van der Waals surface area (Å²) in [7, 11) is 0. The van der Waals surface area contributed by atoms with Crippen molar-refractivity contribution in [1.29, 1.82) is 0 Å². The Labute approximate surface area is 58.0 Å². The third kappa shape index (κ3) is 1.02. The van der Waals surface area contributed by atoms with Gasteiger partial charge in [-0.2, -0.15) is 0 Å². The number of rotatable bonds is 1. The van der Waals surface area contributed by atoms with E-state index in [4.69, 9.17) is 16.7 Å². The molecule has 1 saturated heterocycles. The summed E-state index contributed by atoms with van der Waals surface area (Å²) in [6.07, 6.45) is -0.638. The van der Waals surface area contributed by atoms with Crippen molar-refractivity contribution in [3.05, 3.63) is 0 Å². The molecule has 0 radical (unpaired) electrons. The van der Waals surface area contributed by atoms with Crippen LogP contribution in [0.15, 0.2) is 0 Å². The molecule has 1 rings (SSSR count). The molecule has 3 atom stereocenters. The quantitative estimate of drug-likeness (QED) is 0.305. The van der Waals surface area contributed by atoms with Crippen LogP contribution in [0.2, 0.25) is 0 Å². The van der Waals surface area contributed by atoms with Crippen molar-refractivity contribution in [3.63, 3.8) is 0 Å². The maximum absolute atomic E-state index is 10.5. The molecule has 3 nitrogen and oxygen atoms in total. The van der Waals surface area contributed by atoms with Crippen LogP contribution < -0.4 is 5.32 Å². The van der Waals surface area contributed by atoms with E-state index >= 15 is 0 Å². The first-order chi connectivity index (χ1) is 4.13. The molecule has 2 unspecified atom stereocenters. The van der Waals surface area contributed by atoms with Gasteiger partial charge >= 0.3 is 0 Å². The monoisotopic (exact) mass is 149 g/mol. The van der Waals surface area contributed by atoms with E-state index in [0.717, 1.165) is 0 Å². The second-order valence-electron chi connectivity index (χ2n) is 2.18. The highest BCUT2D eigenvalue weighted by molar-refractivity contribution is 6.25. The van der Waals surface area contributed by atoms with E-state index < -0.39 is 12.0 Å². The summed E-state index contributed by atoms with van der Waals surface area (Å²) in [5.74, 6) is -0.573. The van der Waals surface area contributed by atoms with E-state index in [1.165, 1.54) is 0 Å². The first-order valence-corrected chi connectivity index (χ1v) is 3.19. The van der Waals surface area contributed by atoms with Gasteiger partial charge < -0.3 is 10.4 Å². The van der Waals surface area contributed by atoms with E-state index in [9.17, 15) is 4.79 Å². The fourth-order valence-corrected chi connectivity index (χ4v) is 1.25. The Hall–Kier alpha value is -0.280. The minimum absolute atomic E-state index is 0.162. The van der Waals surface area contributed by atoms with Gasteiger partial charge in [-0.05, 0) is 6.92 Å². The zero-order valence-corrected chi connectivity index (χ0v) is 5.72. The van der Waals surface area contributed by atoms with Crippen molar-refractivity contribution >= 4 is 17.5 Å². The van der Waals surface area contributed by atoms with Crippen molar-refractivity contribution in [2.75, 3.05) is 0 Å². The molecule has 52 valence electrons. The molecular formula is C5H8ClNO2. The SMILES string of the molecule is C[C@H](O)C1C(=O)NC1Cl. The van der Waals surface area contributed by atoms with Gasteiger partial charge in [0.25, 0.3) is 0 Å². The van der Waals surface area contributed by atoms with Gasteiger partial charge in [-0.15, -0.1) is 0 Å². The number of carbonyl (C=O) groups excluding carboxylic acids is 1. The van der Waals surface area contributed by atoms with Crippen molar-refractivity contribution in [2.45, 2.75) is 18.5 Å². The van der Waals surface area contributed by atoms with Crippen LogP contribution >= 0.6 is 11.6 Å². The molecule has 2 N–H and O–H groups in total. The van der Waals surface area contributed by atoms with Gasteiger partial charge in [0.1, 0.15) is 5.50 Å². The molecule has 1 fully saturated rings. The van der Waals surface area contributed by atoms with Crippen LogP contribution in [-0.4, -0.2) is 22.6 Å². The van der Waals surface area contributed by atoms with Gasteiger partial charge in [-0.1, -0.05) is 11.6 Å². The molecule has 1 aliphatic rings. The van der Waals surface area contributed by atoms with Crippen LogP contribution in [0, 0.1) is 5.92 Å². The molecular weight excluding hydrogens is 142 g/mol. The number of hydrogen-bond acceptors (Lipinski definition) is 2. The second-order valence-corrected chi connectivity index (χ2v) is 2.65. The van der Waals surface area contributed by atoms with E-state index in [1.807, 2.05) is 0 Å². The number of nitrogens with one attached hydrogen (secondary N) is 1. The van der Waals surface area contributed by atoms with Crippen LogP contribution in [0.25, 0.3) is 0 Å². The van der Waals surface area contributed by atoms with Gasteiger partial charge in [0, 0.05) is 0 Å². The zero-order valence-electron chi connectivity index (χ0n) is 4.97. The molecule has 0 spiro atoms. The minimum atomic E-state index is -0.638. The zero-order chi connectivity index (χ0) is 7.02. The Kier molecular flexibility index (Phi) is 1.64. The molecule has 0 aromatic carbocycles. The van der Waals surface area contributed by atoms with Gasteiger partial charge in [-0.3, -0.25) is 4.79 Å². The number of alkyl halides is 1. The Balaban J connectivity index is 2.49. The lowest BCUT2D eigenvalue weighted by molar-refractivity contribution is -0.137. The lowest BCUT2D eigenvalue weighted by atomic mass is 9.96. The number of amides is 1. The molecule has 0 bridgehead atoms. The first-order valence-electron chi connectivity index (χ1n) is 2.75. The van der Waals surface area contributed by atoms with Gasteiger partial charge in [-0.25, -0.2) is 0 Å². The third-order valence-corrected chi connectivity index (χ3v) is 1.80. The number of carbonyl (C=O) groups is 1. The van der Waals surface area contributed by atoms with E-state index in [-0.39, 0.29) is 11.4 Å². The fourth-order valence-electron chi connectivity index (χ4n) is 0.822. The number of halogens is 1. The number of hydrogen-bond donors (Lipinski definition) is 2. The predicted molar refractivity (Wildman–Crippen MR) is 33.0 cm³/mol. The summed E-state index contributed by atoms with van der Waals surface area (Å²) >= 11 is 5.51. The largest absolute Gasteiger partial charge is 0.392 e. The summed E-state index contributed by atoms with van der Waals surface area (Å²) in [5, 5.41) is 11.3. The fraction of sp³-hybridized carbons (Fsp3) is 0.800. The molecule has 9 heavy (non-hydrogen) atoms. The van der Waals surface area contributed by atoms with Crippen molar-refractivity contribution in [2.24, 2.45) is 5.92 Å². The van der Waals surface area contributed by atoms with Crippen LogP contribution in [0.4, 0.5) is 0 Å². The van der Waals surface area contributed by atoms with Crippen LogP contribution in [-0.2, 0) is 4.79 Å². The van der Waals surface area contributed by atoms with Crippen molar-refractivity contribution in [3.8, 4) is 0 Å². The van der Waals surface area contributed by atoms with Crippen LogP contribution in [0.5, 0.6) is 0 Å². The number of β-lactam (4-membered cyclic amide) rings is 1. The molecule has 1 amide bonds. The van der Waals surface area contributed by atoms with Crippen LogP contribution in [0.3, 0.4) is 0 Å². The van der Waals surface area contributed by atoms with E-state index in [2.05, 4.69) is 5.32 Å². The van der Waals surface area contributed by atoms with Gasteiger partial charge in [0.2, 0.25) is 5.91 Å². The lowest BCUT2D eigenvalue weighted by Gasteiger charge is -2.33. The summed E-state index contributed by atoms with van der Waals surface area (Å²) < 4.78 is 0. The summed E-state index contributed by atoms with van der Waals surface area (Å²) in [6, 6.07) is 0. The second kappa shape index (κ2) is 2.15. The van der Waals surface area contributed by atoms with Gasteiger partial charge in [0.15, 0.2) is 0 Å². The van der Waals surface area contributed by atoms with Crippen molar-refractivity contribution < 1.29 is 9.90 Å². The summed E-state index contributed by atoms with van der Waals surface area (Å²) in [4.78, 5) is 10.5. The maximum atomic E-state index is 10.5. The number of aliphatic hydroxyl groups is 1.